The molecule has 0 unspecified atom stereocenters. The van der Waals surface area contributed by atoms with E-state index in [1.54, 1.807) is 6.07 Å². The summed E-state index contributed by atoms with van der Waals surface area (Å²) in [5.74, 6) is -0.850. The number of hydrogen-bond donors (Lipinski definition) is 0. The Balaban J connectivity index is -0.000000234. The van der Waals surface area contributed by atoms with Crippen molar-refractivity contribution in [2.45, 2.75) is 40.5 Å². The summed E-state index contributed by atoms with van der Waals surface area (Å²) in [7, 11) is -3.07. The Hall–Kier alpha value is -1.88. The third kappa shape index (κ3) is 46.0. The molecule has 8 heteroatoms. The van der Waals surface area contributed by atoms with Gasteiger partial charge in [0.2, 0.25) is 0 Å². The van der Waals surface area contributed by atoms with Gasteiger partial charge in [0, 0.05) is 6.26 Å². The van der Waals surface area contributed by atoms with E-state index in [1.807, 2.05) is 0 Å². The van der Waals surface area contributed by atoms with Crippen molar-refractivity contribution in [1.29, 1.82) is 5.26 Å². The number of carbonyl (C=O) groups is 4. The summed E-state index contributed by atoms with van der Waals surface area (Å²) in [6.07, 6.45) is 1.16. The summed E-state index contributed by atoms with van der Waals surface area (Å²) in [4.78, 5) is 40.0. The Bertz CT molecular complexity index is 501. The van der Waals surface area contributed by atoms with Crippen LogP contribution in [0.15, 0.2) is 0 Å². The number of nitriles is 1. The van der Waals surface area contributed by atoms with Crippen molar-refractivity contribution in [2.75, 3.05) is 12.0 Å². The molecule has 0 aliphatic carbocycles. The molecule has 0 amide bonds. The molecular weight excluding hydrogens is 298 g/mol. The zero-order valence-electron chi connectivity index (χ0n) is 12.9. The standard InChI is InChI=1S/C5H8O2.C4H5NO.C4H8O3S/c1-4(6)3-5(2)7;1-4(6)2-3-5;1-4(5)3-8(2,6)7/h3H2,1-2H3;2H2,1H3;3H2,1-2H3. The molecule has 0 atom stereocenters. The minimum Gasteiger partial charge on any atom is -0.300 e. The average Bonchev–Trinajstić information content (AvgIpc) is 2.11. The molecule has 0 bridgehead atoms. The van der Waals surface area contributed by atoms with E-state index < -0.39 is 9.84 Å². The zero-order chi connectivity index (χ0) is 17.6. The second kappa shape index (κ2) is 13.1. The van der Waals surface area contributed by atoms with Crippen molar-refractivity contribution < 1.29 is 27.6 Å². The van der Waals surface area contributed by atoms with Gasteiger partial charge in [0.25, 0.3) is 0 Å². The lowest BCUT2D eigenvalue weighted by atomic mass is 10.2. The molecule has 0 spiro atoms. The number of carbonyl (C=O) groups excluding carboxylic acids is 4. The lowest BCUT2D eigenvalue weighted by Gasteiger charge is -1.87. The van der Waals surface area contributed by atoms with E-state index in [0.29, 0.717) is 0 Å². The topological polar surface area (TPSA) is 126 Å². The van der Waals surface area contributed by atoms with E-state index >= 15 is 0 Å². The monoisotopic (exact) mass is 319 g/mol. The smallest absolute Gasteiger partial charge is 0.154 e. The molecule has 0 fully saturated rings. The van der Waals surface area contributed by atoms with E-state index in [0.717, 1.165) is 6.26 Å². The van der Waals surface area contributed by atoms with Crippen LogP contribution in [0.1, 0.15) is 40.5 Å². The van der Waals surface area contributed by atoms with E-state index in [2.05, 4.69) is 0 Å². The molecule has 0 radical (unpaired) electrons. The maximum absolute atomic E-state index is 10.2. The van der Waals surface area contributed by atoms with Gasteiger partial charge in [-0.1, -0.05) is 0 Å². The summed E-state index contributed by atoms with van der Waals surface area (Å²) in [5, 5.41) is 7.77. The first-order valence-corrected chi connectivity index (χ1v) is 7.90. The van der Waals surface area contributed by atoms with Crippen LogP contribution in [0.5, 0.6) is 0 Å². The van der Waals surface area contributed by atoms with Crippen LogP contribution in [0, 0.1) is 11.3 Å². The van der Waals surface area contributed by atoms with Crippen LogP contribution < -0.4 is 0 Å². The fourth-order valence-electron chi connectivity index (χ4n) is 0.831. The highest BCUT2D eigenvalue weighted by Gasteiger charge is 2.03. The molecule has 0 heterocycles. The molecule has 21 heavy (non-hydrogen) atoms. The fourth-order valence-corrected chi connectivity index (χ4v) is 1.57. The first kappa shape index (κ1) is 24.2. The third-order valence-electron chi connectivity index (χ3n) is 1.29. The molecule has 0 aliphatic rings. The quantitative estimate of drug-likeness (QED) is 0.681. The van der Waals surface area contributed by atoms with Gasteiger partial charge in [-0.2, -0.15) is 5.26 Å². The van der Waals surface area contributed by atoms with Gasteiger partial charge < -0.3 is 0 Å². The molecule has 0 saturated heterocycles. The molecule has 7 nitrogen and oxygen atoms in total. The van der Waals surface area contributed by atoms with Crippen LogP contribution in [-0.4, -0.2) is 43.6 Å². The molecule has 0 aromatic heterocycles. The molecule has 0 aromatic rings. The Kier molecular flexibility index (Phi) is 15.1. The molecule has 0 aromatic carbocycles. The van der Waals surface area contributed by atoms with Gasteiger partial charge in [-0.25, -0.2) is 8.42 Å². The number of nitrogens with zero attached hydrogens (tertiary/aromatic N) is 1. The number of ketones is 4. The fraction of sp³-hybridized carbons (Fsp3) is 0.615. The first-order valence-electron chi connectivity index (χ1n) is 5.84. The van der Waals surface area contributed by atoms with Crippen LogP contribution in [0.3, 0.4) is 0 Å². The van der Waals surface area contributed by atoms with Crippen molar-refractivity contribution in [1.82, 2.24) is 0 Å². The van der Waals surface area contributed by atoms with Gasteiger partial charge in [0.05, 0.1) is 18.9 Å². The van der Waals surface area contributed by atoms with Crippen molar-refractivity contribution in [3.8, 4) is 6.07 Å². The maximum atomic E-state index is 10.2. The van der Waals surface area contributed by atoms with E-state index in [-0.39, 0.29) is 41.7 Å². The van der Waals surface area contributed by atoms with Gasteiger partial charge in [-0.3, -0.25) is 19.2 Å². The average molecular weight is 319 g/mol. The lowest BCUT2D eigenvalue weighted by molar-refractivity contribution is -0.124. The van der Waals surface area contributed by atoms with Crippen LogP contribution >= 0.6 is 0 Å². The predicted octanol–water partition coefficient (Wildman–Crippen LogP) is 0.664. The van der Waals surface area contributed by atoms with Crippen molar-refractivity contribution in [3.05, 3.63) is 0 Å². The van der Waals surface area contributed by atoms with Crippen molar-refractivity contribution in [3.63, 3.8) is 0 Å². The summed E-state index contributed by atoms with van der Waals surface area (Å²) < 4.78 is 20.4. The van der Waals surface area contributed by atoms with Crippen LogP contribution in [0.4, 0.5) is 0 Å². The normalized spacial score (nSPS) is 8.95. The zero-order valence-corrected chi connectivity index (χ0v) is 13.7. The molecule has 0 N–H and O–H groups in total. The van der Waals surface area contributed by atoms with Gasteiger partial charge in [0.15, 0.2) is 9.84 Å². The maximum Gasteiger partial charge on any atom is 0.154 e. The van der Waals surface area contributed by atoms with Gasteiger partial charge in [-0.05, 0) is 27.7 Å². The first-order chi connectivity index (χ1) is 9.31. The molecule has 120 valence electrons. The summed E-state index contributed by atoms with van der Waals surface area (Å²) in [6, 6.07) is 1.72. The lowest BCUT2D eigenvalue weighted by Crippen LogP contribution is -2.10. The molecule has 0 rings (SSSR count). The molecular formula is C13H21NO6S. The van der Waals surface area contributed by atoms with E-state index in [1.165, 1.54) is 27.7 Å². The Labute approximate surface area is 125 Å². The van der Waals surface area contributed by atoms with Crippen LogP contribution in [0.2, 0.25) is 0 Å². The highest BCUT2D eigenvalue weighted by atomic mass is 32.2. The van der Waals surface area contributed by atoms with Gasteiger partial charge in [-0.15, -0.1) is 0 Å². The van der Waals surface area contributed by atoms with E-state index in [4.69, 9.17) is 5.26 Å². The Morgan fingerprint density at radius 3 is 1.24 bits per heavy atom. The highest BCUT2D eigenvalue weighted by molar-refractivity contribution is 7.91. The van der Waals surface area contributed by atoms with Crippen molar-refractivity contribution in [2.24, 2.45) is 0 Å². The number of Topliss-reactive ketones (excluding diaryl/α,β-unsaturated/α-hetero) is 4. The number of hydrogen-bond acceptors (Lipinski definition) is 7. The summed E-state index contributed by atoms with van der Waals surface area (Å²) in [5.41, 5.74) is 0. The summed E-state index contributed by atoms with van der Waals surface area (Å²) >= 11 is 0. The number of sulfone groups is 1. The Morgan fingerprint density at radius 2 is 1.24 bits per heavy atom. The van der Waals surface area contributed by atoms with E-state index in [9.17, 15) is 27.6 Å². The van der Waals surface area contributed by atoms with Gasteiger partial charge >= 0.3 is 0 Å². The summed E-state index contributed by atoms with van der Waals surface area (Å²) in [6.45, 7) is 5.45. The minimum absolute atomic E-state index is 0.0417. The highest BCUT2D eigenvalue weighted by Crippen LogP contribution is 1.81. The second-order valence-corrected chi connectivity index (χ2v) is 6.53. The largest absolute Gasteiger partial charge is 0.300 e. The molecule has 0 aliphatic heterocycles. The minimum atomic E-state index is -3.07. The molecule has 0 saturated carbocycles. The second-order valence-electron chi connectivity index (χ2n) is 4.39. The number of rotatable bonds is 5. The van der Waals surface area contributed by atoms with Crippen molar-refractivity contribution >= 4 is 33.0 Å². The SMILES string of the molecule is CC(=O)CC#N.CC(=O)CC(C)=O.CC(=O)CS(C)(=O)=O. The third-order valence-corrected chi connectivity index (χ3v) is 2.22. The van der Waals surface area contributed by atoms with Gasteiger partial charge in [0.1, 0.15) is 28.9 Å². The van der Waals surface area contributed by atoms with Crippen LogP contribution in [0.25, 0.3) is 0 Å². The predicted molar refractivity (Wildman–Crippen MR) is 77.3 cm³/mol. The van der Waals surface area contributed by atoms with Crippen LogP contribution in [-0.2, 0) is 29.0 Å². The Morgan fingerprint density at radius 1 is 0.857 bits per heavy atom.